The van der Waals surface area contributed by atoms with Crippen molar-refractivity contribution in [3.8, 4) is 11.3 Å². The molecule has 0 spiro atoms. The molecule has 0 atom stereocenters. The number of pyridine rings is 1. The monoisotopic (exact) mass is 287 g/mol. The molecule has 0 radical (unpaired) electrons. The van der Waals surface area contributed by atoms with Gasteiger partial charge in [-0.1, -0.05) is 38.1 Å². The summed E-state index contributed by atoms with van der Waals surface area (Å²) in [5.74, 6) is 0.444. The highest BCUT2D eigenvalue weighted by molar-refractivity contribution is 6.07. The van der Waals surface area contributed by atoms with Crippen molar-refractivity contribution >= 4 is 21.9 Å². The van der Waals surface area contributed by atoms with Crippen molar-refractivity contribution in [3.63, 3.8) is 0 Å². The summed E-state index contributed by atoms with van der Waals surface area (Å²) in [6.45, 7) is 4.39. The highest BCUT2D eigenvalue weighted by Crippen LogP contribution is 2.35. The van der Waals surface area contributed by atoms with Crippen LogP contribution in [0.25, 0.3) is 33.2 Å². The van der Waals surface area contributed by atoms with Gasteiger partial charge in [-0.25, -0.2) is 0 Å². The van der Waals surface area contributed by atoms with E-state index in [-0.39, 0.29) is 0 Å². The van der Waals surface area contributed by atoms with Crippen molar-refractivity contribution in [2.45, 2.75) is 19.8 Å². The smallest absolute Gasteiger partial charge is 0.138 e. The first kappa shape index (κ1) is 13.1. The average Bonchev–Trinajstić information content (AvgIpc) is 2.93. The lowest BCUT2D eigenvalue weighted by molar-refractivity contribution is 0.657. The fourth-order valence-electron chi connectivity index (χ4n) is 2.97. The maximum absolute atomic E-state index is 6.12. The summed E-state index contributed by atoms with van der Waals surface area (Å²) >= 11 is 0. The van der Waals surface area contributed by atoms with Crippen LogP contribution in [-0.2, 0) is 0 Å². The van der Waals surface area contributed by atoms with E-state index in [4.69, 9.17) is 4.42 Å². The van der Waals surface area contributed by atoms with Gasteiger partial charge in [-0.3, -0.25) is 4.98 Å². The lowest BCUT2D eigenvalue weighted by Gasteiger charge is -2.04. The van der Waals surface area contributed by atoms with Gasteiger partial charge in [0.2, 0.25) is 0 Å². The molecule has 0 fully saturated rings. The molecule has 2 heterocycles. The van der Waals surface area contributed by atoms with Crippen molar-refractivity contribution in [2.75, 3.05) is 0 Å². The molecular weight excluding hydrogens is 270 g/mol. The third-order valence-corrected chi connectivity index (χ3v) is 4.11. The Morgan fingerprint density at radius 3 is 2.59 bits per heavy atom. The molecule has 4 rings (SSSR count). The maximum atomic E-state index is 6.12. The van der Waals surface area contributed by atoms with Crippen LogP contribution in [0, 0.1) is 0 Å². The van der Waals surface area contributed by atoms with Crippen LogP contribution in [0.15, 0.2) is 65.2 Å². The Labute approximate surface area is 129 Å². The number of rotatable bonds is 2. The van der Waals surface area contributed by atoms with E-state index in [1.165, 1.54) is 10.9 Å². The Morgan fingerprint density at radius 2 is 1.82 bits per heavy atom. The van der Waals surface area contributed by atoms with Crippen LogP contribution in [0.5, 0.6) is 0 Å². The molecule has 108 valence electrons. The number of furan rings is 1. The maximum Gasteiger partial charge on any atom is 0.138 e. The highest BCUT2D eigenvalue weighted by atomic mass is 16.3. The Morgan fingerprint density at radius 1 is 0.909 bits per heavy atom. The molecule has 2 aromatic heterocycles. The van der Waals surface area contributed by atoms with Gasteiger partial charge in [-0.2, -0.15) is 0 Å². The summed E-state index contributed by atoms with van der Waals surface area (Å²) < 4.78 is 6.12. The molecule has 0 aliphatic rings. The van der Waals surface area contributed by atoms with Gasteiger partial charge in [0, 0.05) is 22.5 Å². The van der Waals surface area contributed by atoms with Gasteiger partial charge in [-0.15, -0.1) is 0 Å². The SMILES string of the molecule is CC(C)c1cccc2c1oc1ccc(-c3ccccn3)cc12. The van der Waals surface area contributed by atoms with E-state index in [1.807, 2.05) is 30.5 Å². The normalized spacial score (nSPS) is 11.6. The molecule has 0 amide bonds. The molecule has 2 heteroatoms. The van der Waals surface area contributed by atoms with E-state index in [2.05, 4.69) is 49.2 Å². The second-order valence-corrected chi connectivity index (χ2v) is 5.91. The van der Waals surface area contributed by atoms with Crippen molar-refractivity contribution in [1.82, 2.24) is 4.98 Å². The summed E-state index contributed by atoms with van der Waals surface area (Å²) in [6, 6.07) is 18.7. The average molecular weight is 287 g/mol. The van der Waals surface area contributed by atoms with Crippen molar-refractivity contribution in [1.29, 1.82) is 0 Å². The third-order valence-electron chi connectivity index (χ3n) is 4.11. The summed E-state index contributed by atoms with van der Waals surface area (Å²) in [5, 5.41) is 2.33. The molecule has 0 aliphatic heterocycles. The Kier molecular flexibility index (Phi) is 2.97. The Hall–Kier alpha value is -2.61. The van der Waals surface area contributed by atoms with Gasteiger partial charge >= 0.3 is 0 Å². The first-order valence-corrected chi connectivity index (χ1v) is 7.60. The number of hydrogen-bond donors (Lipinski definition) is 0. The van der Waals surface area contributed by atoms with Crippen molar-refractivity contribution < 1.29 is 4.42 Å². The molecule has 0 saturated heterocycles. The molecule has 0 aliphatic carbocycles. The van der Waals surface area contributed by atoms with Gasteiger partial charge in [0.25, 0.3) is 0 Å². The predicted octanol–water partition coefficient (Wildman–Crippen LogP) is 5.77. The topological polar surface area (TPSA) is 26.0 Å². The van der Waals surface area contributed by atoms with E-state index in [0.717, 1.165) is 27.8 Å². The molecule has 0 N–H and O–H groups in total. The lowest BCUT2D eigenvalue weighted by atomic mass is 9.99. The molecular formula is C20H17NO. The van der Waals surface area contributed by atoms with Crippen molar-refractivity contribution in [3.05, 3.63) is 66.4 Å². The summed E-state index contributed by atoms with van der Waals surface area (Å²) in [7, 11) is 0. The number of para-hydroxylation sites is 1. The first-order valence-electron chi connectivity index (χ1n) is 7.60. The zero-order valence-corrected chi connectivity index (χ0v) is 12.7. The first-order chi connectivity index (χ1) is 10.7. The zero-order valence-electron chi connectivity index (χ0n) is 12.7. The molecule has 0 unspecified atom stereocenters. The molecule has 22 heavy (non-hydrogen) atoms. The van der Waals surface area contributed by atoms with Crippen molar-refractivity contribution in [2.24, 2.45) is 0 Å². The predicted molar refractivity (Wildman–Crippen MR) is 91.0 cm³/mol. The number of hydrogen-bond acceptors (Lipinski definition) is 2. The molecule has 4 aromatic rings. The third kappa shape index (κ3) is 2.00. The van der Waals surface area contributed by atoms with Gasteiger partial charge in [0.05, 0.1) is 5.69 Å². The minimum atomic E-state index is 0.444. The van der Waals surface area contributed by atoms with Gasteiger partial charge in [0.15, 0.2) is 0 Å². The number of aromatic nitrogens is 1. The molecule has 2 aromatic carbocycles. The van der Waals surface area contributed by atoms with Crippen LogP contribution < -0.4 is 0 Å². The number of benzene rings is 2. The summed E-state index contributed by atoms with van der Waals surface area (Å²) in [4.78, 5) is 4.44. The van der Waals surface area contributed by atoms with Crippen LogP contribution in [0.4, 0.5) is 0 Å². The van der Waals surface area contributed by atoms with Gasteiger partial charge < -0.3 is 4.42 Å². The van der Waals surface area contributed by atoms with Crippen LogP contribution in [0.3, 0.4) is 0 Å². The van der Waals surface area contributed by atoms with Crippen LogP contribution in [0.2, 0.25) is 0 Å². The molecule has 0 saturated carbocycles. The Balaban J connectivity index is 2.00. The standard InChI is InChI=1S/C20H17NO/c1-13(2)15-6-5-7-16-17-12-14(18-8-3-4-11-21-18)9-10-19(17)22-20(15)16/h3-13H,1-2H3. The molecule has 2 nitrogen and oxygen atoms in total. The van der Waals surface area contributed by atoms with E-state index < -0.39 is 0 Å². The van der Waals surface area contributed by atoms with E-state index in [1.54, 1.807) is 0 Å². The summed E-state index contributed by atoms with van der Waals surface area (Å²) in [5.41, 5.74) is 5.30. The molecule has 0 bridgehead atoms. The van der Waals surface area contributed by atoms with E-state index in [9.17, 15) is 0 Å². The zero-order chi connectivity index (χ0) is 15.1. The number of nitrogens with zero attached hydrogens (tertiary/aromatic N) is 1. The lowest BCUT2D eigenvalue weighted by Crippen LogP contribution is -1.86. The van der Waals surface area contributed by atoms with Crippen LogP contribution in [0.1, 0.15) is 25.3 Å². The second-order valence-electron chi connectivity index (χ2n) is 5.91. The fraction of sp³-hybridized carbons (Fsp3) is 0.150. The van der Waals surface area contributed by atoms with Crippen LogP contribution >= 0.6 is 0 Å². The van der Waals surface area contributed by atoms with Gasteiger partial charge in [-0.05, 0) is 41.8 Å². The van der Waals surface area contributed by atoms with E-state index in [0.29, 0.717) is 5.92 Å². The Bertz CT molecular complexity index is 951. The van der Waals surface area contributed by atoms with Gasteiger partial charge in [0.1, 0.15) is 11.2 Å². The highest BCUT2D eigenvalue weighted by Gasteiger charge is 2.13. The van der Waals surface area contributed by atoms with Crippen LogP contribution in [-0.4, -0.2) is 4.98 Å². The quantitative estimate of drug-likeness (QED) is 0.467. The second kappa shape index (κ2) is 4.99. The summed E-state index contributed by atoms with van der Waals surface area (Å²) in [6.07, 6.45) is 1.82. The minimum absolute atomic E-state index is 0.444. The minimum Gasteiger partial charge on any atom is -0.456 e. The largest absolute Gasteiger partial charge is 0.456 e. The number of fused-ring (bicyclic) bond motifs is 3. The van der Waals surface area contributed by atoms with E-state index >= 15 is 0 Å². The fourth-order valence-corrected chi connectivity index (χ4v) is 2.97.